The number of nitrogens with one attached hydrogen (secondary N) is 1. The molecule has 1 atom stereocenters. The highest BCUT2D eigenvalue weighted by atomic mass is 15.3. The van der Waals surface area contributed by atoms with Crippen LogP contribution in [0.15, 0.2) is 6.20 Å². The van der Waals surface area contributed by atoms with Crippen LogP contribution in [0.25, 0.3) is 0 Å². The van der Waals surface area contributed by atoms with Gasteiger partial charge < -0.3 is 14.8 Å². The van der Waals surface area contributed by atoms with Crippen molar-refractivity contribution in [2.45, 2.75) is 70.9 Å². The summed E-state index contributed by atoms with van der Waals surface area (Å²) in [4.78, 5) is 7.32. The molecule has 4 heteroatoms. The molecule has 3 rings (SSSR count). The largest absolute Gasteiger partial charge is 0.353 e. The third kappa shape index (κ3) is 3.79. The summed E-state index contributed by atoms with van der Waals surface area (Å²) in [6, 6.07) is 1.12. The van der Waals surface area contributed by atoms with E-state index in [1.165, 1.54) is 58.0 Å². The van der Waals surface area contributed by atoms with E-state index in [1.807, 2.05) is 0 Å². The number of likely N-dealkylation sites (tertiary alicyclic amines) is 1. The van der Waals surface area contributed by atoms with E-state index in [2.05, 4.69) is 34.8 Å². The number of hydrogen-bond donors (Lipinski definition) is 1. The first kappa shape index (κ1) is 14.9. The van der Waals surface area contributed by atoms with Crippen LogP contribution in [0.1, 0.15) is 63.6 Å². The zero-order valence-electron chi connectivity index (χ0n) is 13.6. The normalized spacial score (nSPS) is 22.6. The molecule has 0 radical (unpaired) electrons. The minimum Gasteiger partial charge on any atom is -0.353 e. The van der Waals surface area contributed by atoms with Crippen LogP contribution in [0.3, 0.4) is 0 Å². The number of aryl methyl sites for hydroxylation is 1. The van der Waals surface area contributed by atoms with Crippen molar-refractivity contribution in [2.75, 3.05) is 25.0 Å². The number of aromatic nitrogens is 2. The summed E-state index contributed by atoms with van der Waals surface area (Å²) < 4.78 is 2.36. The molecule has 1 aliphatic carbocycles. The first-order valence-corrected chi connectivity index (χ1v) is 8.77. The summed E-state index contributed by atoms with van der Waals surface area (Å²) in [7, 11) is 0. The Labute approximate surface area is 128 Å². The Morgan fingerprint density at radius 3 is 2.62 bits per heavy atom. The fraction of sp³-hybridized carbons (Fsp3) is 0.824. The summed E-state index contributed by atoms with van der Waals surface area (Å²) in [5.74, 6) is 1.09. The minimum absolute atomic E-state index is 0.496. The van der Waals surface area contributed by atoms with Gasteiger partial charge in [-0.05, 0) is 52.6 Å². The number of hydrogen-bond acceptors (Lipinski definition) is 3. The molecular weight excluding hydrogens is 260 g/mol. The zero-order valence-corrected chi connectivity index (χ0v) is 13.6. The van der Waals surface area contributed by atoms with Crippen molar-refractivity contribution in [3.05, 3.63) is 11.9 Å². The van der Waals surface area contributed by atoms with E-state index >= 15 is 0 Å². The summed E-state index contributed by atoms with van der Waals surface area (Å²) in [6.07, 6.45) is 11.7. The van der Waals surface area contributed by atoms with Gasteiger partial charge >= 0.3 is 0 Å². The van der Waals surface area contributed by atoms with Crippen LogP contribution in [-0.2, 0) is 0 Å². The highest BCUT2D eigenvalue weighted by Gasteiger charge is 2.20. The maximum Gasteiger partial charge on any atom is 0.203 e. The summed E-state index contributed by atoms with van der Waals surface area (Å²) in [5.41, 5.74) is 1.13. The first-order valence-electron chi connectivity index (χ1n) is 8.77. The Hall–Kier alpha value is -1.03. The molecular formula is C17H30N4. The molecule has 118 valence electrons. The number of nitrogens with zero attached hydrogens (tertiary/aromatic N) is 3. The van der Waals surface area contributed by atoms with Crippen LogP contribution >= 0.6 is 0 Å². The minimum atomic E-state index is 0.496. The van der Waals surface area contributed by atoms with E-state index in [9.17, 15) is 0 Å². The molecule has 2 aliphatic rings. The highest BCUT2D eigenvalue weighted by Crippen LogP contribution is 2.24. The summed E-state index contributed by atoms with van der Waals surface area (Å²) in [5, 5.41) is 3.71. The molecule has 0 aromatic carbocycles. The van der Waals surface area contributed by atoms with Crippen molar-refractivity contribution < 1.29 is 0 Å². The molecule has 1 aromatic heterocycles. The lowest BCUT2D eigenvalue weighted by molar-refractivity contribution is 0.288. The zero-order chi connectivity index (χ0) is 14.7. The van der Waals surface area contributed by atoms with E-state index in [0.29, 0.717) is 12.1 Å². The van der Waals surface area contributed by atoms with E-state index in [4.69, 9.17) is 4.98 Å². The third-order valence-corrected chi connectivity index (χ3v) is 4.99. The van der Waals surface area contributed by atoms with Gasteiger partial charge in [0.25, 0.3) is 0 Å². The molecule has 1 N–H and O–H groups in total. The van der Waals surface area contributed by atoms with Crippen molar-refractivity contribution in [2.24, 2.45) is 0 Å². The van der Waals surface area contributed by atoms with Crippen molar-refractivity contribution in [3.8, 4) is 0 Å². The fourth-order valence-corrected chi connectivity index (χ4v) is 3.82. The standard InChI is InChI=1S/C17H30N4/c1-14-12-21(15(2)13-20-10-6-7-11-20)17(18-14)19-16-8-4-3-5-9-16/h12,15-16H,3-11,13H2,1-2H3,(H,18,19). The molecule has 0 bridgehead atoms. The van der Waals surface area contributed by atoms with Crippen molar-refractivity contribution in [1.82, 2.24) is 14.5 Å². The lowest BCUT2D eigenvalue weighted by atomic mass is 9.96. The van der Waals surface area contributed by atoms with E-state index in [0.717, 1.165) is 18.2 Å². The number of imidazole rings is 1. The lowest BCUT2D eigenvalue weighted by Gasteiger charge is -2.26. The molecule has 21 heavy (non-hydrogen) atoms. The van der Waals surface area contributed by atoms with Crippen LogP contribution in [0.5, 0.6) is 0 Å². The van der Waals surface area contributed by atoms with Gasteiger partial charge in [0.2, 0.25) is 5.95 Å². The maximum absolute atomic E-state index is 4.73. The Morgan fingerprint density at radius 2 is 1.90 bits per heavy atom. The smallest absolute Gasteiger partial charge is 0.203 e. The second-order valence-corrected chi connectivity index (χ2v) is 6.95. The fourth-order valence-electron chi connectivity index (χ4n) is 3.82. The molecule has 1 aliphatic heterocycles. The number of anilines is 1. The van der Waals surface area contributed by atoms with Crippen LogP contribution in [-0.4, -0.2) is 40.1 Å². The molecule has 2 heterocycles. The average molecular weight is 290 g/mol. The van der Waals surface area contributed by atoms with E-state index in [-0.39, 0.29) is 0 Å². The Balaban J connectivity index is 1.65. The van der Waals surface area contributed by atoms with Gasteiger partial charge in [0.1, 0.15) is 0 Å². The summed E-state index contributed by atoms with van der Waals surface area (Å²) in [6.45, 7) is 8.11. The predicted octanol–water partition coefficient (Wildman–Crippen LogP) is 3.59. The topological polar surface area (TPSA) is 33.1 Å². The Kier molecular flexibility index (Phi) is 4.84. The van der Waals surface area contributed by atoms with Crippen LogP contribution in [0.4, 0.5) is 5.95 Å². The monoisotopic (exact) mass is 290 g/mol. The van der Waals surface area contributed by atoms with Gasteiger partial charge in [-0.15, -0.1) is 0 Å². The molecule has 1 aromatic rings. The quantitative estimate of drug-likeness (QED) is 0.899. The van der Waals surface area contributed by atoms with Gasteiger partial charge in [0, 0.05) is 24.8 Å². The van der Waals surface area contributed by atoms with Crippen LogP contribution in [0.2, 0.25) is 0 Å². The average Bonchev–Trinajstić information content (AvgIpc) is 3.10. The molecule has 1 unspecified atom stereocenters. The SMILES string of the molecule is Cc1cn(C(C)CN2CCCC2)c(NC2CCCCC2)n1. The Morgan fingerprint density at radius 1 is 1.19 bits per heavy atom. The van der Waals surface area contributed by atoms with E-state index in [1.54, 1.807) is 0 Å². The number of rotatable bonds is 5. The molecule has 1 saturated carbocycles. The predicted molar refractivity (Wildman–Crippen MR) is 87.8 cm³/mol. The third-order valence-electron chi connectivity index (χ3n) is 4.99. The van der Waals surface area contributed by atoms with Gasteiger partial charge in [-0.1, -0.05) is 19.3 Å². The van der Waals surface area contributed by atoms with Crippen LogP contribution < -0.4 is 5.32 Å². The molecule has 1 saturated heterocycles. The van der Waals surface area contributed by atoms with Gasteiger partial charge in [-0.2, -0.15) is 0 Å². The molecule has 4 nitrogen and oxygen atoms in total. The second kappa shape index (κ2) is 6.82. The van der Waals surface area contributed by atoms with Crippen LogP contribution in [0, 0.1) is 6.92 Å². The molecule has 0 spiro atoms. The first-order chi connectivity index (χ1) is 10.2. The maximum atomic E-state index is 4.73. The second-order valence-electron chi connectivity index (χ2n) is 6.95. The van der Waals surface area contributed by atoms with Gasteiger partial charge in [-0.25, -0.2) is 4.98 Å². The van der Waals surface area contributed by atoms with Crippen molar-refractivity contribution in [3.63, 3.8) is 0 Å². The van der Waals surface area contributed by atoms with Crippen molar-refractivity contribution in [1.29, 1.82) is 0 Å². The molecule has 2 fully saturated rings. The summed E-state index contributed by atoms with van der Waals surface area (Å²) >= 11 is 0. The lowest BCUT2D eigenvalue weighted by Crippen LogP contribution is -2.29. The van der Waals surface area contributed by atoms with E-state index < -0.39 is 0 Å². The van der Waals surface area contributed by atoms with Gasteiger partial charge in [0.05, 0.1) is 5.69 Å². The highest BCUT2D eigenvalue weighted by molar-refractivity contribution is 5.31. The Bertz CT molecular complexity index is 442. The van der Waals surface area contributed by atoms with Gasteiger partial charge in [-0.3, -0.25) is 0 Å². The van der Waals surface area contributed by atoms with Crippen molar-refractivity contribution >= 4 is 5.95 Å². The van der Waals surface area contributed by atoms with Gasteiger partial charge in [0.15, 0.2) is 0 Å². The molecule has 0 amide bonds.